The number of ketones is 1. The van der Waals surface area contributed by atoms with Gasteiger partial charge in [0.25, 0.3) is 0 Å². The van der Waals surface area contributed by atoms with Crippen molar-refractivity contribution in [3.8, 4) is 17.1 Å². The van der Waals surface area contributed by atoms with Crippen LogP contribution >= 0.6 is 0 Å². The third kappa shape index (κ3) is 2.37. The van der Waals surface area contributed by atoms with Gasteiger partial charge in [-0.2, -0.15) is 5.10 Å². The predicted molar refractivity (Wildman–Crippen MR) is 87.7 cm³/mol. The molecule has 2 heterocycles. The summed E-state index contributed by atoms with van der Waals surface area (Å²) in [4.78, 5) is 12.8. The molecule has 1 aromatic carbocycles. The van der Waals surface area contributed by atoms with Crippen molar-refractivity contribution in [1.82, 2.24) is 9.78 Å². The number of Topliss-reactive ketones (excluding diaryl/α,β-unsaturated/α-hetero) is 1. The van der Waals surface area contributed by atoms with Gasteiger partial charge in [0.1, 0.15) is 11.5 Å². The van der Waals surface area contributed by atoms with Crippen LogP contribution in [0.3, 0.4) is 0 Å². The minimum Gasteiger partial charge on any atom is -0.463 e. The quantitative estimate of drug-likeness (QED) is 0.701. The van der Waals surface area contributed by atoms with Crippen molar-refractivity contribution in [2.75, 3.05) is 0 Å². The van der Waals surface area contributed by atoms with E-state index in [0.717, 1.165) is 17.8 Å². The van der Waals surface area contributed by atoms with Crippen LogP contribution in [0.4, 0.5) is 4.39 Å². The van der Waals surface area contributed by atoms with Crippen molar-refractivity contribution in [3.05, 3.63) is 59.7 Å². The second-order valence-electron chi connectivity index (χ2n) is 6.98. The van der Waals surface area contributed by atoms with Gasteiger partial charge in [-0.1, -0.05) is 13.8 Å². The second-order valence-corrected chi connectivity index (χ2v) is 6.98. The number of benzene rings is 1. The molecule has 0 saturated carbocycles. The van der Waals surface area contributed by atoms with E-state index in [1.54, 1.807) is 35.2 Å². The van der Waals surface area contributed by atoms with Crippen LogP contribution in [0, 0.1) is 11.2 Å². The van der Waals surface area contributed by atoms with Gasteiger partial charge in [-0.15, -0.1) is 0 Å². The highest BCUT2D eigenvalue weighted by Crippen LogP contribution is 2.40. The van der Waals surface area contributed by atoms with Gasteiger partial charge in [0.15, 0.2) is 11.5 Å². The molecule has 4 nitrogen and oxygen atoms in total. The standard InChI is InChI=1S/C19H17FN2O2/c1-19(2)10-14-17(15(23)11-19)18(16-4-3-9-24-16)21-22(14)13-7-5-12(20)6-8-13/h3-9H,10-11H2,1-2H3. The van der Waals surface area contributed by atoms with Gasteiger partial charge in [-0.05, 0) is 48.2 Å². The molecule has 24 heavy (non-hydrogen) atoms. The first kappa shape index (κ1) is 14.9. The molecule has 0 amide bonds. The Bertz CT molecular complexity index is 906. The minimum absolute atomic E-state index is 0.0704. The Morgan fingerprint density at radius 2 is 1.92 bits per heavy atom. The van der Waals surface area contributed by atoms with E-state index in [-0.39, 0.29) is 17.0 Å². The summed E-state index contributed by atoms with van der Waals surface area (Å²) in [5, 5.41) is 4.63. The van der Waals surface area contributed by atoms with E-state index in [9.17, 15) is 9.18 Å². The lowest BCUT2D eigenvalue weighted by Gasteiger charge is -2.29. The van der Waals surface area contributed by atoms with E-state index in [0.29, 0.717) is 23.4 Å². The van der Waals surface area contributed by atoms with Crippen LogP contribution in [0.1, 0.15) is 36.3 Å². The molecule has 2 aromatic heterocycles. The topological polar surface area (TPSA) is 48.0 Å². The summed E-state index contributed by atoms with van der Waals surface area (Å²) in [5.74, 6) is 0.337. The van der Waals surface area contributed by atoms with Crippen LogP contribution in [0.5, 0.6) is 0 Å². The summed E-state index contributed by atoms with van der Waals surface area (Å²) in [5.41, 5.74) is 2.63. The lowest BCUT2D eigenvalue weighted by atomic mass is 9.75. The Morgan fingerprint density at radius 1 is 1.17 bits per heavy atom. The maximum Gasteiger partial charge on any atom is 0.167 e. The van der Waals surface area contributed by atoms with Crippen molar-refractivity contribution in [3.63, 3.8) is 0 Å². The molecule has 0 N–H and O–H groups in total. The smallest absolute Gasteiger partial charge is 0.167 e. The fraction of sp³-hybridized carbons (Fsp3) is 0.263. The SMILES string of the molecule is CC1(C)CC(=O)c2c(-c3ccco3)nn(-c3ccc(F)cc3)c2C1. The Balaban J connectivity index is 1.96. The molecule has 0 fully saturated rings. The molecule has 0 radical (unpaired) electrons. The molecule has 1 aliphatic carbocycles. The molecule has 0 spiro atoms. The molecular formula is C19H17FN2O2. The zero-order valence-corrected chi connectivity index (χ0v) is 13.5. The fourth-order valence-electron chi connectivity index (χ4n) is 3.33. The Labute approximate surface area is 138 Å². The van der Waals surface area contributed by atoms with Crippen LogP contribution in [0.25, 0.3) is 17.1 Å². The summed E-state index contributed by atoms with van der Waals surface area (Å²) >= 11 is 0. The second kappa shape index (κ2) is 5.16. The normalized spacial score (nSPS) is 16.2. The van der Waals surface area contributed by atoms with Crippen molar-refractivity contribution >= 4 is 5.78 Å². The maximum absolute atomic E-state index is 13.3. The number of hydrogen-bond donors (Lipinski definition) is 0. The van der Waals surface area contributed by atoms with Gasteiger partial charge >= 0.3 is 0 Å². The lowest BCUT2D eigenvalue weighted by molar-refractivity contribution is 0.0911. The molecule has 0 atom stereocenters. The monoisotopic (exact) mass is 324 g/mol. The number of nitrogens with zero attached hydrogens (tertiary/aromatic N) is 2. The van der Waals surface area contributed by atoms with Crippen LogP contribution in [-0.4, -0.2) is 15.6 Å². The molecule has 4 rings (SSSR count). The Kier molecular flexibility index (Phi) is 3.20. The summed E-state index contributed by atoms with van der Waals surface area (Å²) in [6, 6.07) is 9.69. The Hall–Kier alpha value is -2.69. The van der Waals surface area contributed by atoms with E-state index < -0.39 is 0 Å². The molecule has 0 unspecified atom stereocenters. The summed E-state index contributed by atoms with van der Waals surface area (Å²) in [6.07, 6.45) is 2.76. The van der Waals surface area contributed by atoms with E-state index in [2.05, 4.69) is 18.9 Å². The highest BCUT2D eigenvalue weighted by Gasteiger charge is 2.37. The third-order valence-electron chi connectivity index (χ3n) is 4.37. The molecule has 122 valence electrons. The molecule has 5 heteroatoms. The van der Waals surface area contributed by atoms with Gasteiger partial charge in [0.05, 0.1) is 23.2 Å². The first-order chi connectivity index (χ1) is 11.4. The summed E-state index contributed by atoms with van der Waals surface area (Å²) in [6.45, 7) is 4.14. The number of aromatic nitrogens is 2. The van der Waals surface area contributed by atoms with E-state index in [1.165, 1.54) is 12.1 Å². The van der Waals surface area contributed by atoms with Crippen molar-refractivity contribution in [1.29, 1.82) is 0 Å². The minimum atomic E-state index is -0.303. The summed E-state index contributed by atoms with van der Waals surface area (Å²) in [7, 11) is 0. The van der Waals surface area contributed by atoms with Crippen LogP contribution in [-0.2, 0) is 6.42 Å². The van der Waals surface area contributed by atoms with Crippen molar-refractivity contribution < 1.29 is 13.6 Å². The molecule has 0 saturated heterocycles. The zero-order chi connectivity index (χ0) is 16.9. The predicted octanol–water partition coefficient (Wildman–Crippen LogP) is 4.43. The number of fused-ring (bicyclic) bond motifs is 1. The highest BCUT2D eigenvalue weighted by atomic mass is 19.1. The van der Waals surface area contributed by atoms with E-state index in [4.69, 9.17) is 4.42 Å². The van der Waals surface area contributed by atoms with Gasteiger partial charge in [-0.3, -0.25) is 4.79 Å². The van der Waals surface area contributed by atoms with Gasteiger partial charge in [0, 0.05) is 6.42 Å². The van der Waals surface area contributed by atoms with E-state index >= 15 is 0 Å². The Morgan fingerprint density at radius 3 is 2.58 bits per heavy atom. The number of rotatable bonds is 2. The molecule has 0 aliphatic heterocycles. The third-order valence-corrected chi connectivity index (χ3v) is 4.37. The largest absolute Gasteiger partial charge is 0.463 e. The number of furan rings is 1. The summed E-state index contributed by atoms with van der Waals surface area (Å²) < 4.78 is 20.5. The molecular weight excluding hydrogens is 307 g/mol. The van der Waals surface area contributed by atoms with Crippen LogP contribution < -0.4 is 0 Å². The van der Waals surface area contributed by atoms with Crippen molar-refractivity contribution in [2.24, 2.45) is 5.41 Å². The zero-order valence-electron chi connectivity index (χ0n) is 13.5. The highest BCUT2D eigenvalue weighted by molar-refractivity contribution is 6.03. The van der Waals surface area contributed by atoms with Gasteiger partial charge in [-0.25, -0.2) is 9.07 Å². The lowest BCUT2D eigenvalue weighted by Crippen LogP contribution is -2.28. The average molecular weight is 324 g/mol. The first-order valence-corrected chi connectivity index (χ1v) is 7.89. The first-order valence-electron chi connectivity index (χ1n) is 7.89. The van der Waals surface area contributed by atoms with Crippen LogP contribution in [0.2, 0.25) is 0 Å². The van der Waals surface area contributed by atoms with Crippen LogP contribution in [0.15, 0.2) is 47.1 Å². The number of carbonyl (C=O) groups excluding carboxylic acids is 1. The maximum atomic E-state index is 13.3. The number of carbonyl (C=O) groups is 1. The molecule has 3 aromatic rings. The van der Waals surface area contributed by atoms with E-state index in [1.807, 2.05) is 0 Å². The van der Waals surface area contributed by atoms with Crippen molar-refractivity contribution in [2.45, 2.75) is 26.7 Å². The average Bonchev–Trinajstić information content (AvgIpc) is 3.14. The number of halogens is 1. The molecule has 1 aliphatic rings. The number of hydrogen-bond acceptors (Lipinski definition) is 3. The molecule has 0 bridgehead atoms. The van der Waals surface area contributed by atoms with Gasteiger partial charge in [0.2, 0.25) is 0 Å². The van der Waals surface area contributed by atoms with Gasteiger partial charge < -0.3 is 4.42 Å². The fourth-order valence-corrected chi connectivity index (χ4v) is 3.33.